The zero-order chi connectivity index (χ0) is 20.1. The number of rotatable bonds is 8. The van der Waals surface area contributed by atoms with E-state index in [0.717, 1.165) is 12.3 Å². The normalized spacial score (nSPS) is 12.0. The van der Waals surface area contributed by atoms with Gasteiger partial charge in [0.2, 0.25) is 0 Å². The molecule has 0 saturated carbocycles. The fourth-order valence-electron chi connectivity index (χ4n) is 1.12. The molecule has 1 saturated heterocycles. The van der Waals surface area contributed by atoms with Gasteiger partial charge in [-0.3, -0.25) is 18.0 Å². The number of nitrogens with one attached hydrogen (secondary N) is 1. The number of ether oxygens (including phenoxy) is 1. The largest absolute Gasteiger partial charge is 0.533 e. The van der Waals surface area contributed by atoms with Crippen molar-refractivity contribution in [2.24, 2.45) is 0 Å². The van der Waals surface area contributed by atoms with E-state index in [1.54, 1.807) is 21.6 Å². The van der Waals surface area contributed by atoms with Crippen LogP contribution in [0.2, 0.25) is 0 Å². The summed E-state index contributed by atoms with van der Waals surface area (Å²) in [6.07, 6.45) is -0.879. The number of hydrogen-bond donors (Lipinski definition) is 1. The van der Waals surface area contributed by atoms with Gasteiger partial charge in [0.25, 0.3) is 11.8 Å². The van der Waals surface area contributed by atoms with Crippen LogP contribution in [-0.4, -0.2) is 47.7 Å². The van der Waals surface area contributed by atoms with Crippen LogP contribution in [0.4, 0.5) is 4.79 Å². The molecule has 1 fully saturated rings. The van der Waals surface area contributed by atoms with E-state index < -0.39 is 18.0 Å². The third kappa shape index (κ3) is 17.0. The molecule has 1 aliphatic rings. The Balaban J connectivity index is -0.000000725. The van der Waals surface area contributed by atoms with Crippen LogP contribution in [0.5, 0.6) is 0 Å². The maximum absolute atomic E-state index is 11.2. The van der Waals surface area contributed by atoms with Crippen molar-refractivity contribution in [3.05, 3.63) is 0 Å². The van der Waals surface area contributed by atoms with Crippen LogP contribution >= 0.6 is 44.5 Å². The minimum Gasteiger partial charge on any atom is -0.432 e. The van der Waals surface area contributed by atoms with Gasteiger partial charge in [0.15, 0.2) is 0 Å². The van der Waals surface area contributed by atoms with Crippen molar-refractivity contribution in [3.63, 3.8) is 0 Å². The Kier molecular flexibility index (Phi) is 28.1. The summed E-state index contributed by atoms with van der Waals surface area (Å²) < 4.78 is 7.74. The maximum atomic E-state index is 11.2. The summed E-state index contributed by atoms with van der Waals surface area (Å²) in [5, 5.41) is 0.469. The second kappa shape index (κ2) is 23.8. The van der Waals surface area contributed by atoms with Crippen LogP contribution in [0.3, 0.4) is 0 Å². The molecule has 2 amide bonds. The first-order valence-electron chi connectivity index (χ1n) is 8.43. The van der Waals surface area contributed by atoms with Gasteiger partial charge in [-0.25, -0.2) is 4.79 Å². The van der Waals surface area contributed by atoms with E-state index in [9.17, 15) is 14.4 Å². The smallest absolute Gasteiger partial charge is 0.432 e. The molecular weight excluding hydrogens is 479 g/mol. The molecule has 0 unspecified atom stereocenters. The lowest BCUT2D eigenvalue weighted by Crippen LogP contribution is -2.32. The van der Waals surface area contributed by atoms with E-state index in [-0.39, 0.29) is 19.4 Å². The zero-order valence-electron chi connectivity index (χ0n) is 15.9. The highest BCUT2D eigenvalue weighted by Gasteiger charge is 2.33. The van der Waals surface area contributed by atoms with Crippen molar-refractivity contribution in [3.8, 4) is 0 Å². The lowest BCUT2D eigenvalue weighted by Gasteiger charge is -2.12. The number of nitrogens with zero attached hydrogens (tertiary/aromatic N) is 1. The summed E-state index contributed by atoms with van der Waals surface area (Å²) in [5.74, 6) is 0.536. The van der Waals surface area contributed by atoms with E-state index in [1.165, 1.54) is 0 Å². The summed E-state index contributed by atoms with van der Waals surface area (Å²) in [6.45, 7) is 13.1. The zero-order valence-corrected chi connectivity index (χ0v) is 19.7. The Morgan fingerprint density at radius 1 is 1.04 bits per heavy atom. The van der Waals surface area contributed by atoms with Gasteiger partial charge in [-0.2, -0.15) is 0 Å². The van der Waals surface area contributed by atoms with Crippen LogP contribution in [0.1, 0.15) is 54.4 Å². The highest BCUT2D eigenvalue weighted by molar-refractivity contribution is 14.1. The molecule has 0 aromatic carbocycles. The van der Waals surface area contributed by atoms with Gasteiger partial charge in [-0.1, -0.05) is 68.2 Å². The second-order valence-corrected chi connectivity index (χ2v) is 6.76. The average molecular weight is 510 g/mol. The van der Waals surface area contributed by atoms with Crippen molar-refractivity contribution in [1.82, 2.24) is 8.59 Å². The van der Waals surface area contributed by atoms with Gasteiger partial charge in [0.05, 0.1) is 0 Å². The first-order chi connectivity index (χ1) is 12.1. The van der Waals surface area contributed by atoms with Gasteiger partial charge in [0, 0.05) is 53.8 Å². The summed E-state index contributed by atoms with van der Waals surface area (Å²) in [6, 6.07) is 0. The number of carbonyl (C=O) groups excluding carboxylic acids is 3. The van der Waals surface area contributed by atoms with Gasteiger partial charge in [0.1, 0.15) is 6.61 Å². The number of halogens is 1. The molecule has 1 rings (SSSR count). The SMILES string of the molecule is CC.CC.CC.O=C(OCCSSCCNI)ON1C(=O)CCC1=O. The molecule has 1 heterocycles. The lowest BCUT2D eigenvalue weighted by atomic mass is 10.4. The summed E-state index contributed by atoms with van der Waals surface area (Å²) in [7, 11) is 3.23. The number of amides is 2. The molecule has 7 nitrogen and oxygen atoms in total. The fraction of sp³-hybridized carbons (Fsp3) is 0.800. The molecule has 0 aliphatic carbocycles. The van der Waals surface area contributed by atoms with Crippen LogP contribution in [0, 0.1) is 0 Å². The first kappa shape index (κ1) is 29.6. The second-order valence-electron chi connectivity index (χ2n) is 3.30. The lowest BCUT2D eigenvalue weighted by molar-refractivity contribution is -0.176. The number of carbonyl (C=O) groups is 3. The highest BCUT2D eigenvalue weighted by atomic mass is 127. The van der Waals surface area contributed by atoms with Crippen molar-refractivity contribution in [2.75, 3.05) is 24.7 Å². The molecule has 0 bridgehead atoms. The average Bonchev–Trinajstić information content (AvgIpc) is 2.98. The highest BCUT2D eigenvalue weighted by Crippen LogP contribution is 2.20. The minimum atomic E-state index is -1.02. The molecule has 1 N–H and O–H groups in total. The molecule has 0 aromatic heterocycles. The molecule has 0 atom stereocenters. The van der Waals surface area contributed by atoms with Crippen LogP contribution in [-0.2, 0) is 19.2 Å². The topological polar surface area (TPSA) is 84.9 Å². The molecule has 150 valence electrons. The van der Waals surface area contributed by atoms with Gasteiger partial charge < -0.3 is 4.74 Å². The quantitative estimate of drug-likeness (QED) is 0.127. The maximum Gasteiger partial charge on any atom is 0.533 e. The van der Waals surface area contributed by atoms with E-state index in [1.807, 2.05) is 41.5 Å². The Morgan fingerprint density at radius 3 is 2.00 bits per heavy atom. The first-order valence-corrected chi connectivity index (χ1v) is 12.0. The van der Waals surface area contributed by atoms with Crippen molar-refractivity contribution < 1.29 is 24.0 Å². The minimum absolute atomic E-state index is 0.0729. The monoisotopic (exact) mass is 510 g/mol. The number of imide groups is 1. The standard InChI is InChI=1S/C9H13IN2O5S2.3C2H6/c10-11-3-5-18-19-6-4-16-9(15)17-12-7(13)1-2-8(12)14;3*1-2/h11H,1-6H2;3*1-2H3. The predicted molar refractivity (Wildman–Crippen MR) is 115 cm³/mol. The van der Waals surface area contributed by atoms with E-state index in [4.69, 9.17) is 4.74 Å². The van der Waals surface area contributed by atoms with Crippen molar-refractivity contribution in [2.45, 2.75) is 54.4 Å². The Morgan fingerprint density at radius 2 is 1.52 bits per heavy atom. The molecule has 1 aliphatic heterocycles. The van der Waals surface area contributed by atoms with Gasteiger partial charge >= 0.3 is 6.16 Å². The van der Waals surface area contributed by atoms with Crippen LogP contribution < -0.4 is 3.53 Å². The predicted octanol–water partition coefficient (Wildman–Crippen LogP) is 4.60. The third-order valence-electron chi connectivity index (χ3n) is 1.92. The molecule has 0 spiro atoms. The molecule has 0 aromatic rings. The van der Waals surface area contributed by atoms with E-state index in [0.29, 0.717) is 10.8 Å². The van der Waals surface area contributed by atoms with E-state index >= 15 is 0 Å². The Bertz CT molecular complexity index is 334. The fourth-order valence-corrected chi connectivity index (χ4v) is 3.49. The van der Waals surface area contributed by atoms with Crippen molar-refractivity contribution >= 4 is 62.4 Å². The summed E-state index contributed by atoms with van der Waals surface area (Å²) in [5.41, 5.74) is 0. The van der Waals surface area contributed by atoms with Crippen LogP contribution in [0.25, 0.3) is 0 Å². The van der Waals surface area contributed by atoms with Crippen LogP contribution in [0.15, 0.2) is 0 Å². The number of hydrogen-bond acceptors (Lipinski definition) is 8. The van der Waals surface area contributed by atoms with E-state index in [2.05, 4.69) is 31.2 Å². The Hall–Kier alpha value is -0.200. The Labute approximate surface area is 173 Å². The number of hydroxylamine groups is 2. The summed E-state index contributed by atoms with van der Waals surface area (Å²) in [4.78, 5) is 38.0. The molecule has 10 heteroatoms. The molecule has 0 radical (unpaired) electrons. The molecular formula is C15H31IN2O5S2. The summed E-state index contributed by atoms with van der Waals surface area (Å²) >= 11 is 2.07. The van der Waals surface area contributed by atoms with Crippen molar-refractivity contribution in [1.29, 1.82) is 0 Å². The third-order valence-corrected chi connectivity index (χ3v) is 4.83. The van der Waals surface area contributed by atoms with Gasteiger partial charge in [-0.05, 0) is 0 Å². The molecule has 25 heavy (non-hydrogen) atoms. The van der Waals surface area contributed by atoms with Gasteiger partial charge in [-0.15, -0.1) is 0 Å².